The second-order valence-electron chi connectivity index (χ2n) is 9.63. The summed E-state index contributed by atoms with van der Waals surface area (Å²) in [5, 5.41) is 5.40. The fraction of sp³-hybridized carbons (Fsp3) is 0.667. The zero-order valence-electron chi connectivity index (χ0n) is 18.4. The molecule has 0 radical (unpaired) electrons. The van der Waals surface area contributed by atoms with Crippen molar-refractivity contribution in [3.8, 4) is 0 Å². The molecular weight excluding hydrogens is 410 g/mol. The first-order valence-electron chi connectivity index (χ1n) is 11.9. The molecule has 2 unspecified atom stereocenters. The molecule has 7 heteroatoms. The van der Waals surface area contributed by atoms with Gasteiger partial charge in [-0.2, -0.15) is 0 Å². The Bertz CT molecular complexity index is 953. The van der Waals surface area contributed by atoms with Gasteiger partial charge in [-0.05, 0) is 50.1 Å². The minimum Gasteiger partial charge on any atom is -0.376 e. The number of carbonyl (C=O) groups is 2. The molecule has 5 rings (SSSR count). The summed E-state index contributed by atoms with van der Waals surface area (Å²) in [6, 6.07) is 4.24. The summed E-state index contributed by atoms with van der Waals surface area (Å²) in [6.45, 7) is 3.65. The average molecular weight is 444 g/mol. The third kappa shape index (κ3) is 3.91. The molecule has 6 nitrogen and oxygen atoms in total. The zero-order chi connectivity index (χ0) is 21.4. The number of hydrogen-bond acceptors (Lipinski definition) is 4. The van der Waals surface area contributed by atoms with Gasteiger partial charge in [0.25, 0.3) is 5.91 Å². The number of thiophene rings is 1. The van der Waals surface area contributed by atoms with Crippen molar-refractivity contribution in [2.75, 3.05) is 13.2 Å². The van der Waals surface area contributed by atoms with Crippen LogP contribution in [0.2, 0.25) is 0 Å². The summed E-state index contributed by atoms with van der Waals surface area (Å²) in [6.07, 6.45) is 10.2. The van der Waals surface area contributed by atoms with Crippen molar-refractivity contribution < 1.29 is 14.3 Å². The van der Waals surface area contributed by atoms with Gasteiger partial charge in [0, 0.05) is 19.2 Å². The van der Waals surface area contributed by atoms with Gasteiger partial charge in [0.15, 0.2) is 0 Å². The summed E-state index contributed by atoms with van der Waals surface area (Å²) >= 11 is 1.64. The lowest BCUT2D eigenvalue weighted by Gasteiger charge is -2.45. The summed E-state index contributed by atoms with van der Waals surface area (Å²) in [4.78, 5) is 29.2. The van der Waals surface area contributed by atoms with E-state index in [0.29, 0.717) is 18.8 Å². The lowest BCUT2D eigenvalue weighted by Crippen LogP contribution is -2.66. The first-order chi connectivity index (χ1) is 15.1. The third-order valence-electron chi connectivity index (χ3n) is 7.39. The van der Waals surface area contributed by atoms with Crippen LogP contribution in [-0.4, -0.2) is 52.1 Å². The lowest BCUT2D eigenvalue weighted by atomic mass is 9.91. The molecule has 31 heavy (non-hydrogen) atoms. The highest BCUT2D eigenvalue weighted by Gasteiger charge is 2.49. The second-order valence-corrected chi connectivity index (χ2v) is 10.6. The maximum Gasteiger partial charge on any atom is 0.271 e. The van der Waals surface area contributed by atoms with Crippen LogP contribution in [0.15, 0.2) is 17.5 Å². The summed E-state index contributed by atoms with van der Waals surface area (Å²) in [5.74, 6) is -0.0763. The Labute approximate surface area is 187 Å². The summed E-state index contributed by atoms with van der Waals surface area (Å²) in [5.41, 5.74) is 0.818. The van der Waals surface area contributed by atoms with Gasteiger partial charge < -0.3 is 19.5 Å². The van der Waals surface area contributed by atoms with E-state index in [1.165, 1.54) is 19.3 Å². The normalized spacial score (nSPS) is 27.8. The van der Waals surface area contributed by atoms with Crippen molar-refractivity contribution in [2.24, 2.45) is 0 Å². The van der Waals surface area contributed by atoms with Crippen molar-refractivity contribution in [1.82, 2.24) is 14.8 Å². The Morgan fingerprint density at radius 1 is 1.19 bits per heavy atom. The molecule has 4 heterocycles. The standard InChI is InChI=1S/C24H33N3O3S/c1-24(23(29)25-17-8-5-3-2-4-6-9-17)16-26-19-11-13-31-21(19)14-20(26)22(28)27(24)15-18-10-7-12-30-18/h11,13-14,17-18H,2-10,12,15-16H2,1H3,(H,25,29). The fourth-order valence-electron chi connectivity index (χ4n) is 5.49. The number of rotatable bonds is 4. The molecule has 1 saturated carbocycles. The van der Waals surface area contributed by atoms with E-state index in [0.717, 1.165) is 55.3 Å². The number of fused-ring (bicyclic) bond motifs is 3. The van der Waals surface area contributed by atoms with E-state index in [2.05, 4.69) is 16.0 Å². The van der Waals surface area contributed by atoms with Crippen molar-refractivity contribution >= 4 is 33.4 Å². The van der Waals surface area contributed by atoms with Gasteiger partial charge in [-0.3, -0.25) is 9.59 Å². The lowest BCUT2D eigenvalue weighted by molar-refractivity contribution is -0.134. The number of amides is 2. The Balaban J connectivity index is 1.45. The van der Waals surface area contributed by atoms with Crippen LogP contribution in [0.3, 0.4) is 0 Å². The van der Waals surface area contributed by atoms with Crippen LogP contribution in [0.1, 0.15) is 75.2 Å². The molecule has 2 atom stereocenters. The zero-order valence-corrected chi connectivity index (χ0v) is 19.2. The number of carbonyl (C=O) groups excluding carboxylic acids is 2. The Hall–Kier alpha value is -1.86. The first-order valence-corrected chi connectivity index (χ1v) is 12.8. The molecule has 0 aromatic carbocycles. The molecule has 1 N–H and O–H groups in total. The van der Waals surface area contributed by atoms with Gasteiger partial charge in [-0.15, -0.1) is 11.3 Å². The van der Waals surface area contributed by atoms with Crippen LogP contribution >= 0.6 is 11.3 Å². The van der Waals surface area contributed by atoms with Crippen LogP contribution in [-0.2, 0) is 16.1 Å². The Morgan fingerprint density at radius 3 is 2.71 bits per heavy atom. The predicted molar refractivity (Wildman–Crippen MR) is 122 cm³/mol. The van der Waals surface area contributed by atoms with Gasteiger partial charge in [-0.25, -0.2) is 0 Å². The maximum atomic E-state index is 13.8. The highest BCUT2D eigenvalue weighted by molar-refractivity contribution is 7.17. The van der Waals surface area contributed by atoms with Gasteiger partial charge in [0.2, 0.25) is 5.91 Å². The molecule has 0 bridgehead atoms. The largest absolute Gasteiger partial charge is 0.376 e. The van der Waals surface area contributed by atoms with Gasteiger partial charge in [0.05, 0.1) is 22.9 Å². The predicted octanol–water partition coefficient (Wildman–Crippen LogP) is 4.33. The van der Waals surface area contributed by atoms with E-state index in [1.54, 1.807) is 16.2 Å². The number of hydrogen-bond donors (Lipinski definition) is 1. The number of nitrogens with one attached hydrogen (secondary N) is 1. The second kappa shape index (κ2) is 8.58. The average Bonchev–Trinajstić information content (AvgIpc) is 3.46. The monoisotopic (exact) mass is 443 g/mol. The van der Waals surface area contributed by atoms with Crippen LogP contribution in [0, 0.1) is 0 Å². The van der Waals surface area contributed by atoms with Crippen LogP contribution in [0.4, 0.5) is 0 Å². The molecule has 168 valence electrons. The van der Waals surface area contributed by atoms with E-state index in [-0.39, 0.29) is 24.0 Å². The summed E-state index contributed by atoms with van der Waals surface area (Å²) < 4.78 is 9.01. The SMILES string of the molecule is CC1(C(=O)NC2CCCCCCC2)Cn2c(cc3sccc32)C(=O)N1CC1CCCO1. The van der Waals surface area contributed by atoms with E-state index in [4.69, 9.17) is 4.74 Å². The van der Waals surface area contributed by atoms with Crippen molar-refractivity contribution in [1.29, 1.82) is 0 Å². The topological polar surface area (TPSA) is 63.6 Å². The Morgan fingerprint density at radius 2 is 1.97 bits per heavy atom. The van der Waals surface area contributed by atoms with Crippen molar-refractivity contribution in [3.05, 3.63) is 23.2 Å². The van der Waals surface area contributed by atoms with E-state index in [9.17, 15) is 9.59 Å². The summed E-state index contributed by atoms with van der Waals surface area (Å²) in [7, 11) is 0. The minimum atomic E-state index is -0.924. The van der Waals surface area contributed by atoms with Crippen LogP contribution in [0.5, 0.6) is 0 Å². The van der Waals surface area contributed by atoms with Gasteiger partial charge in [-0.1, -0.05) is 32.1 Å². The van der Waals surface area contributed by atoms with Crippen LogP contribution < -0.4 is 5.32 Å². The minimum absolute atomic E-state index is 0.0140. The van der Waals surface area contributed by atoms with Gasteiger partial charge in [0.1, 0.15) is 11.2 Å². The van der Waals surface area contributed by atoms with Gasteiger partial charge >= 0.3 is 0 Å². The third-order valence-corrected chi connectivity index (χ3v) is 8.24. The molecule has 1 aliphatic carbocycles. The molecule has 2 fully saturated rings. The fourth-order valence-corrected chi connectivity index (χ4v) is 6.31. The van der Waals surface area contributed by atoms with Crippen molar-refractivity contribution in [3.63, 3.8) is 0 Å². The molecular formula is C24H33N3O3S. The van der Waals surface area contributed by atoms with E-state index in [1.807, 2.05) is 18.4 Å². The highest BCUT2D eigenvalue weighted by atomic mass is 32.1. The van der Waals surface area contributed by atoms with E-state index >= 15 is 0 Å². The molecule has 2 aromatic rings. The quantitative estimate of drug-likeness (QED) is 0.765. The number of nitrogens with zero attached hydrogens (tertiary/aromatic N) is 2. The molecule has 2 aliphatic heterocycles. The van der Waals surface area contributed by atoms with E-state index < -0.39 is 5.54 Å². The Kier molecular flexibility index (Phi) is 5.82. The molecule has 2 amide bonds. The molecule has 0 spiro atoms. The molecule has 2 aromatic heterocycles. The number of ether oxygens (including phenoxy) is 1. The smallest absolute Gasteiger partial charge is 0.271 e. The maximum absolute atomic E-state index is 13.8. The molecule has 3 aliphatic rings. The highest BCUT2D eigenvalue weighted by Crippen LogP contribution is 2.35. The number of aromatic nitrogens is 1. The first kappa shape index (κ1) is 21.0. The molecule has 1 saturated heterocycles. The van der Waals surface area contributed by atoms with Crippen LogP contribution in [0.25, 0.3) is 10.2 Å². The van der Waals surface area contributed by atoms with Crippen molar-refractivity contribution in [2.45, 2.75) is 88.9 Å².